The number of phenols is 1. The molecule has 0 bridgehead atoms. The number of aromatic hydroxyl groups is 1. The third-order valence-corrected chi connectivity index (χ3v) is 5.59. The second kappa shape index (κ2) is 7.39. The van der Waals surface area contributed by atoms with Gasteiger partial charge in [0.25, 0.3) is 0 Å². The smallest absolute Gasteiger partial charge is 0.238 e. The molecule has 2 aromatic carbocycles. The van der Waals surface area contributed by atoms with E-state index in [-0.39, 0.29) is 4.90 Å². The largest absolute Gasteiger partial charge is 0.505 e. The molecule has 0 aliphatic heterocycles. The fourth-order valence-corrected chi connectivity index (χ4v) is 3.64. The van der Waals surface area contributed by atoms with Crippen LogP contribution in [0.2, 0.25) is 0 Å². The first-order valence-electron chi connectivity index (χ1n) is 8.91. The van der Waals surface area contributed by atoms with Crippen molar-refractivity contribution in [3.63, 3.8) is 0 Å². The van der Waals surface area contributed by atoms with Gasteiger partial charge in [-0.3, -0.25) is 4.40 Å². The van der Waals surface area contributed by atoms with E-state index in [1.165, 1.54) is 24.3 Å². The van der Waals surface area contributed by atoms with Gasteiger partial charge >= 0.3 is 0 Å². The van der Waals surface area contributed by atoms with Crippen molar-refractivity contribution in [2.45, 2.75) is 18.4 Å². The molecule has 4 rings (SSSR count). The van der Waals surface area contributed by atoms with E-state index in [0.717, 1.165) is 11.3 Å². The third-order valence-electron chi connectivity index (χ3n) is 4.66. The minimum atomic E-state index is -3.74. The van der Waals surface area contributed by atoms with Crippen molar-refractivity contribution in [1.29, 1.82) is 0 Å². The van der Waals surface area contributed by atoms with Crippen LogP contribution in [0.15, 0.2) is 59.8 Å². The molecule has 154 valence electrons. The number of nitrogens with zero attached hydrogens (tertiary/aromatic N) is 3. The van der Waals surface area contributed by atoms with Gasteiger partial charge in [-0.15, -0.1) is 0 Å². The van der Waals surface area contributed by atoms with Gasteiger partial charge in [0.2, 0.25) is 10.0 Å². The SMILES string of the molecule is Cc1cnc(NCc2ccc(S(N)(=O)=O)cc2)c2ncc(-c3ccc(O)c(F)c3)n12. The Hall–Kier alpha value is -3.50. The van der Waals surface area contributed by atoms with Gasteiger partial charge in [0.15, 0.2) is 23.0 Å². The van der Waals surface area contributed by atoms with Gasteiger partial charge < -0.3 is 10.4 Å². The van der Waals surface area contributed by atoms with Gasteiger partial charge in [0.1, 0.15) is 0 Å². The number of imidazole rings is 1. The summed E-state index contributed by atoms with van der Waals surface area (Å²) in [7, 11) is -3.74. The Bertz CT molecular complexity index is 1350. The summed E-state index contributed by atoms with van der Waals surface area (Å²) in [4.78, 5) is 8.86. The molecule has 0 unspecified atom stereocenters. The number of rotatable bonds is 5. The molecule has 0 aliphatic carbocycles. The number of fused-ring (bicyclic) bond motifs is 1. The molecule has 0 saturated carbocycles. The minimum absolute atomic E-state index is 0.0427. The number of anilines is 1. The third kappa shape index (κ3) is 3.70. The van der Waals surface area contributed by atoms with E-state index in [0.29, 0.717) is 29.3 Å². The van der Waals surface area contributed by atoms with Crippen molar-refractivity contribution in [1.82, 2.24) is 14.4 Å². The fraction of sp³-hybridized carbons (Fsp3) is 0.100. The Balaban J connectivity index is 1.65. The molecule has 2 heterocycles. The van der Waals surface area contributed by atoms with Crippen LogP contribution in [0, 0.1) is 12.7 Å². The lowest BCUT2D eigenvalue weighted by Crippen LogP contribution is -2.12. The van der Waals surface area contributed by atoms with Crippen molar-refractivity contribution >= 4 is 21.5 Å². The molecule has 4 N–H and O–H groups in total. The molecular formula is C20H18FN5O3S. The maximum atomic E-state index is 13.8. The molecule has 10 heteroatoms. The summed E-state index contributed by atoms with van der Waals surface area (Å²) in [5.41, 5.74) is 3.41. The number of aromatic nitrogens is 3. The Kier molecular flexibility index (Phi) is 4.88. The van der Waals surface area contributed by atoms with Crippen LogP contribution >= 0.6 is 0 Å². The van der Waals surface area contributed by atoms with Crippen LogP contribution in [-0.2, 0) is 16.6 Å². The van der Waals surface area contributed by atoms with Crippen LogP contribution in [0.5, 0.6) is 5.75 Å². The molecule has 4 aromatic rings. The van der Waals surface area contributed by atoms with E-state index in [2.05, 4.69) is 15.3 Å². The van der Waals surface area contributed by atoms with Gasteiger partial charge in [-0.1, -0.05) is 12.1 Å². The molecule has 0 atom stereocenters. The Labute approximate surface area is 171 Å². The van der Waals surface area contributed by atoms with E-state index < -0.39 is 21.6 Å². The van der Waals surface area contributed by atoms with E-state index in [1.54, 1.807) is 30.6 Å². The second-order valence-corrected chi connectivity index (χ2v) is 8.32. The maximum absolute atomic E-state index is 13.8. The number of nitrogens with one attached hydrogen (secondary N) is 1. The number of nitrogens with two attached hydrogens (primary N) is 1. The quantitative estimate of drug-likeness (QED) is 0.450. The molecule has 0 spiro atoms. The predicted molar refractivity (Wildman–Crippen MR) is 110 cm³/mol. The van der Waals surface area contributed by atoms with Crippen LogP contribution in [-0.4, -0.2) is 27.9 Å². The standard InChI is InChI=1S/C20H18FN5O3S/c1-12-9-23-19(24-10-13-2-5-15(6-3-13)30(22,28)29)20-25-11-17(26(12)20)14-4-7-18(27)16(21)8-14/h2-9,11,27H,10H2,1H3,(H,23,24)(H2,22,28,29). The zero-order valence-corrected chi connectivity index (χ0v) is 16.7. The van der Waals surface area contributed by atoms with E-state index in [1.807, 2.05) is 11.3 Å². The zero-order valence-electron chi connectivity index (χ0n) is 15.9. The highest BCUT2D eigenvalue weighted by atomic mass is 32.2. The molecular weight excluding hydrogens is 409 g/mol. The highest BCUT2D eigenvalue weighted by Crippen LogP contribution is 2.28. The average molecular weight is 427 g/mol. The predicted octanol–water partition coefficient (Wildman–Crippen LogP) is 2.81. The van der Waals surface area contributed by atoms with Gasteiger partial charge in [0, 0.05) is 24.0 Å². The number of hydrogen-bond acceptors (Lipinski definition) is 6. The summed E-state index contributed by atoms with van der Waals surface area (Å²) in [6.07, 6.45) is 3.28. The van der Waals surface area contributed by atoms with E-state index in [4.69, 9.17) is 5.14 Å². The number of hydrogen-bond donors (Lipinski definition) is 3. The van der Waals surface area contributed by atoms with Crippen LogP contribution in [0.3, 0.4) is 0 Å². The highest BCUT2D eigenvalue weighted by molar-refractivity contribution is 7.89. The molecule has 8 nitrogen and oxygen atoms in total. The normalized spacial score (nSPS) is 11.7. The number of benzene rings is 2. The molecule has 0 fully saturated rings. The van der Waals surface area contributed by atoms with Crippen LogP contribution in [0.4, 0.5) is 10.2 Å². The van der Waals surface area contributed by atoms with Gasteiger partial charge in [-0.25, -0.2) is 27.9 Å². The second-order valence-electron chi connectivity index (χ2n) is 6.76. The van der Waals surface area contributed by atoms with Crippen LogP contribution < -0.4 is 10.5 Å². The lowest BCUT2D eigenvalue weighted by molar-refractivity contribution is 0.432. The summed E-state index contributed by atoms with van der Waals surface area (Å²) < 4.78 is 38.4. The van der Waals surface area contributed by atoms with Gasteiger partial charge in [0.05, 0.1) is 16.8 Å². The van der Waals surface area contributed by atoms with Crippen molar-refractivity contribution in [2.75, 3.05) is 5.32 Å². The Morgan fingerprint density at radius 3 is 2.53 bits per heavy atom. The van der Waals surface area contributed by atoms with Crippen LogP contribution in [0.25, 0.3) is 16.9 Å². The zero-order chi connectivity index (χ0) is 21.5. The van der Waals surface area contributed by atoms with Crippen molar-refractivity contribution in [2.24, 2.45) is 5.14 Å². The van der Waals surface area contributed by atoms with E-state index in [9.17, 15) is 17.9 Å². The monoisotopic (exact) mass is 427 g/mol. The summed E-state index contributed by atoms with van der Waals surface area (Å²) in [5, 5.41) is 17.7. The Morgan fingerprint density at radius 2 is 1.87 bits per heavy atom. The highest BCUT2D eigenvalue weighted by Gasteiger charge is 2.14. The number of primary sulfonamides is 1. The average Bonchev–Trinajstić information content (AvgIpc) is 3.15. The first-order chi connectivity index (χ1) is 14.2. The van der Waals surface area contributed by atoms with Crippen molar-refractivity contribution in [3.05, 3.63) is 71.9 Å². The van der Waals surface area contributed by atoms with Crippen molar-refractivity contribution in [3.8, 4) is 17.0 Å². The molecule has 0 aliphatic rings. The number of sulfonamides is 1. The molecule has 0 radical (unpaired) electrons. The number of phenolic OH excluding ortho intramolecular Hbond substituents is 1. The minimum Gasteiger partial charge on any atom is -0.505 e. The van der Waals surface area contributed by atoms with E-state index >= 15 is 0 Å². The molecule has 0 amide bonds. The lowest BCUT2D eigenvalue weighted by Gasteiger charge is -2.11. The topological polar surface area (TPSA) is 123 Å². The lowest BCUT2D eigenvalue weighted by atomic mass is 10.1. The van der Waals surface area contributed by atoms with Gasteiger partial charge in [-0.2, -0.15) is 0 Å². The first kappa shape index (κ1) is 19.8. The molecule has 2 aromatic heterocycles. The summed E-state index contributed by atoms with van der Waals surface area (Å²) in [6, 6.07) is 10.4. The number of halogens is 1. The summed E-state index contributed by atoms with van der Waals surface area (Å²) >= 11 is 0. The van der Waals surface area contributed by atoms with Crippen molar-refractivity contribution < 1.29 is 17.9 Å². The van der Waals surface area contributed by atoms with Crippen LogP contribution in [0.1, 0.15) is 11.3 Å². The molecule has 30 heavy (non-hydrogen) atoms. The Morgan fingerprint density at radius 1 is 1.13 bits per heavy atom. The van der Waals surface area contributed by atoms with Gasteiger partial charge in [-0.05, 0) is 42.8 Å². The maximum Gasteiger partial charge on any atom is 0.238 e. The fourth-order valence-electron chi connectivity index (χ4n) is 3.13. The number of aryl methyl sites for hydroxylation is 1. The molecule has 0 saturated heterocycles. The first-order valence-corrected chi connectivity index (χ1v) is 10.5. The summed E-state index contributed by atoms with van der Waals surface area (Å²) in [5.74, 6) is -0.612. The summed E-state index contributed by atoms with van der Waals surface area (Å²) in [6.45, 7) is 2.24.